The van der Waals surface area contributed by atoms with Crippen LogP contribution in [-0.2, 0) is 14.4 Å². The highest BCUT2D eigenvalue weighted by molar-refractivity contribution is 5.91. The number of rotatable bonds is 3. The zero-order valence-electron chi connectivity index (χ0n) is 9.72. The molecule has 3 amide bonds. The summed E-state index contributed by atoms with van der Waals surface area (Å²) in [5.74, 6) is -1.08. The third-order valence-corrected chi connectivity index (χ3v) is 3.40. The van der Waals surface area contributed by atoms with E-state index in [1.165, 1.54) is 4.90 Å². The molecule has 2 heterocycles. The van der Waals surface area contributed by atoms with Gasteiger partial charge in [-0.1, -0.05) is 0 Å². The van der Waals surface area contributed by atoms with Gasteiger partial charge >= 0.3 is 0 Å². The van der Waals surface area contributed by atoms with Crippen LogP contribution < -0.4 is 5.73 Å². The normalized spacial score (nSPS) is 24.5. The summed E-state index contributed by atoms with van der Waals surface area (Å²) in [6.07, 6.45) is 2.20. The summed E-state index contributed by atoms with van der Waals surface area (Å²) in [6.45, 7) is 1.93. The smallest absolute Gasteiger partial charge is 0.242 e. The Bertz CT molecular complexity index is 350. The van der Waals surface area contributed by atoms with Gasteiger partial charge in [0, 0.05) is 26.1 Å². The first-order valence-corrected chi connectivity index (χ1v) is 5.93. The number of nitrogens with two attached hydrogens (primary N) is 1. The van der Waals surface area contributed by atoms with Crippen LogP contribution in [0.1, 0.15) is 19.3 Å². The van der Waals surface area contributed by atoms with Gasteiger partial charge in [0.2, 0.25) is 17.7 Å². The Balaban J connectivity index is 1.88. The van der Waals surface area contributed by atoms with Crippen LogP contribution >= 0.6 is 0 Å². The molecule has 0 radical (unpaired) electrons. The van der Waals surface area contributed by atoms with Crippen molar-refractivity contribution in [3.8, 4) is 0 Å². The minimum atomic E-state index is -0.463. The zero-order valence-corrected chi connectivity index (χ0v) is 9.72. The first-order chi connectivity index (χ1) is 8.08. The lowest BCUT2D eigenvalue weighted by Gasteiger charge is -2.20. The summed E-state index contributed by atoms with van der Waals surface area (Å²) in [6, 6.07) is 0. The first kappa shape index (κ1) is 11.9. The van der Waals surface area contributed by atoms with Gasteiger partial charge in [0.15, 0.2) is 0 Å². The molecule has 2 N–H and O–H groups in total. The molecule has 0 spiro atoms. The van der Waals surface area contributed by atoms with Gasteiger partial charge in [-0.3, -0.25) is 14.4 Å². The van der Waals surface area contributed by atoms with Crippen molar-refractivity contribution in [2.75, 3.05) is 26.2 Å². The van der Waals surface area contributed by atoms with E-state index in [0.717, 1.165) is 25.9 Å². The fraction of sp³-hybridized carbons (Fsp3) is 0.727. The minimum absolute atomic E-state index is 0.0269. The summed E-state index contributed by atoms with van der Waals surface area (Å²) in [4.78, 5) is 37.6. The maximum absolute atomic E-state index is 11.8. The first-order valence-electron chi connectivity index (χ1n) is 5.93. The average molecular weight is 239 g/mol. The van der Waals surface area contributed by atoms with E-state index in [0.29, 0.717) is 0 Å². The maximum atomic E-state index is 11.8. The van der Waals surface area contributed by atoms with Gasteiger partial charge in [-0.2, -0.15) is 0 Å². The summed E-state index contributed by atoms with van der Waals surface area (Å²) in [5, 5.41) is 0. The Hall–Kier alpha value is -1.59. The highest BCUT2D eigenvalue weighted by Gasteiger charge is 2.34. The molecule has 2 rings (SSSR count). The molecule has 2 saturated heterocycles. The van der Waals surface area contributed by atoms with Gasteiger partial charge in [0.25, 0.3) is 0 Å². The van der Waals surface area contributed by atoms with Crippen molar-refractivity contribution in [3.63, 3.8) is 0 Å². The monoisotopic (exact) mass is 239 g/mol. The third kappa shape index (κ3) is 2.57. The van der Waals surface area contributed by atoms with Gasteiger partial charge in [-0.15, -0.1) is 0 Å². The van der Waals surface area contributed by atoms with Crippen molar-refractivity contribution >= 4 is 17.7 Å². The zero-order chi connectivity index (χ0) is 12.4. The summed E-state index contributed by atoms with van der Waals surface area (Å²) < 4.78 is 0. The molecule has 0 aromatic rings. The molecule has 6 nitrogen and oxygen atoms in total. The topological polar surface area (TPSA) is 83.7 Å². The lowest BCUT2D eigenvalue weighted by atomic mass is 10.1. The third-order valence-electron chi connectivity index (χ3n) is 3.40. The number of hydrogen-bond donors (Lipinski definition) is 1. The predicted octanol–water partition coefficient (Wildman–Crippen LogP) is -1.06. The molecule has 94 valence electrons. The molecule has 2 fully saturated rings. The van der Waals surface area contributed by atoms with Crippen LogP contribution in [0.4, 0.5) is 0 Å². The second kappa shape index (κ2) is 4.73. The standard InChI is InChI=1S/C11H17N3O3/c12-11(17)8-5-9(15)14(6-8)7-10(16)13-3-1-2-4-13/h8H,1-7H2,(H2,12,17). The molecular formula is C11H17N3O3. The minimum Gasteiger partial charge on any atom is -0.369 e. The largest absolute Gasteiger partial charge is 0.369 e. The Morgan fingerprint density at radius 2 is 1.94 bits per heavy atom. The maximum Gasteiger partial charge on any atom is 0.242 e. The van der Waals surface area contributed by atoms with E-state index in [-0.39, 0.29) is 31.3 Å². The Morgan fingerprint density at radius 3 is 2.47 bits per heavy atom. The van der Waals surface area contributed by atoms with Gasteiger partial charge < -0.3 is 15.5 Å². The van der Waals surface area contributed by atoms with Crippen molar-refractivity contribution < 1.29 is 14.4 Å². The van der Waals surface area contributed by atoms with Crippen molar-refractivity contribution in [1.29, 1.82) is 0 Å². The molecule has 0 aromatic heterocycles. The van der Waals surface area contributed by atoms with Crippen LogP contribution in [0.3, 0.4) is 0 Å². The van der Waals surface area contributed by atoms with E-state index in [2.05, 4.69) is 0 Å². The summed E-state index contributed by atoms with van der Waals surface area (Å²) in [7, 11) is 0. The second-order valence-corrected chi connectivity index (χ2v) is 4.67. The number of amides is 3. The molecule has 1 atom stereocenters. The van der Waals surface area contributed by atoms with Crippen molar-refractivity contribution in [2.45, 2.75) is 19.3 Å². The lowest BCUT2D eigenvalue weighted by Crippen LogP contribution is -2.40. The number of hydrogen-bond acceptors (Lipinski definition) is 3. The van der Waals surface area contributed by atoms with Gasteiger partial charge in [0.05, 0.1) is 12.5 Å². The van der Waals surface area contributed by atoms with Gasteiger partial charge in [-0.05, 0) is 12.8 Å². The highest BCUT2D eigenvalue weighted by atomic mass is 16.2. The molecule has 17 heavy (non-hydrogen) atoms. The van der Waals surface area contributed by atoms with E-state index >= 15 is 0 Å². The molecule has 0 aromatic carbocycles. The molecule has 0 saturated carbocycles. The van der Waals surface area contributed by atoms with Crippen molar-refractivity contribution in [2.24, 2.45) is 11.7 Å². The quantitative estimate of drug-likeness (QED) is 0.681. The van der Waals surface area contributed by atoms with Crippen LogP contribution in [0.15, 0.2) is 0 Å². The molecule has 2 aliphatic heterocycles. The molecule has 1 unspecified atom stereocenters. The van der Waals surface area contributed by atoms with E-state index in [1.807, 2.05) is 0 Å². The van der Waals surface area contributed by atoms with E-state index in [1.54, 1.807) is 4.90 Å². The number of primary amides is 1. The van der Waals surface area contributed by atoms with Crippen LogP contribution in [0.2, 0.25) is 0 Å². The number of carbonyl (C=O) groups is 3. The van der Waals surface area contributed by atoms with E-state index in [9.17, 15) is 14.4 Å². The second-order valence-electron chi connectivity index (χ2n) is 4.67. The summed E-state index contributed by atoms with van der Waals surface area (Å²) in [5.41, 5.74) is 5.16. The molecule has 2 aliphatic rings. The molecule has 6 heteroatoms. The SMILES string of the molecule is NC(=O)C1CC(=O)N(CC(=O)N2CCCC2)C1. The van der Waals surface area contributed by atoms with Crippen LogP contribution in [0.25, 0.3) is 0 Å². The fourth-order valence-electron chi connectivity index (χ4n) is 2.35. The molecule has 0 aliphatic carbocycles. The highest BCUT2D eigenvalue weighted by Crippen LogP contribution is 2.18. The van der Waals surface area contributed by atoms with Crippen LogP contribution in [0.5, 0.6) is 0 Å². The average Bonchev–Trinajstić information content (AvgIpc) is 2.88. The number of carbonyl (C=O) groups excluding carboxylic acids is 3. The number of nitrogens with zero attached hydrogens (tertiary/aromatic N) is 2. The molecular weight excluding hydrogens is 222 g/mol. The van der Waals surface area contributed by atoms with Gasteiger partial charge in [0.1, 0.15) is 0 Å². The summed E-state index contributed by atoms with van der Waals surface area (Å²) >= 11 is 0. The Kier molecular flexibility index (Phi) is 3.31. The van der Waals surface area contributed by atoms with E-state index in [4.69, 9.17) is 5.73 Å². The predicted molar refractivity (Wildman–Crippen MR) is 59.7 cm³/mol. The Labute approximate surface area is 99.7 Å². The van der Waals surface area contributed by atoms with Crippen LogP contribution in [0, 0.1) is 5.92 Å². The molecule has 0 bridgehead atoms. The van der Waals surface area contributed by atoms with E-state index < -0.39 is 11.8 Å². The van der Waals surface area contributed by atoms with Crippen molar-refractivity contribution in [1.82, 2.24) is 9.80 Å². The van der Waals surface area contributed by atoms with Crippen molar-refractivity contribution in [3.05, 3.63) is 0 Å². The number of likely N-dealkylation sites (tertiary alicyclic amines) is 2. The lowest BCUT2D eigenvalue weighted by molar-refractivity contribution is -0.137. The Morgan fingerprint density at radius 1 is 1.29 bits per heavy atom. The van der Waals surface area contributed by atoms with Gasteiger partial charge in [-0.25, -0.2) is 0 Å². The fourth-order valence-corrected chi connectivity index (χ4v) is 2.35. The van der Waals surface area contributed by atoms with Crippen LogP contribution in [-0.4, -0.2) is 53.7 Å².